The van der Waals surface area contributed by atoms with Crippen LogP contribution in [0.4, 0.5) is 0 Å². The van der Waals surface area contributed by atoms with Crippen molar-refractivity contribution in [1.82, 2.24) is 10.3 Å². The molecule has 6 nitrogen and oxygen atoms in total. The fraction of sp³-hybridized carbons (Fsp3) is 0.375. The molecule has 9 heteroatoms. The lowest BCUT2D eigenvalue weighted by molar-refractivity contribution is 0.383. The van der Waals surface area contributed by atoms with E-state index < -0.39 is 10.0 Å². The molecule has 0 bridgehead atoms. The number of guanidine groups is 1. The summed E-state index contributed by atoms with van der Waals surface area (Å²) in [5.41, 5.74) is 1.26. The van der Waals surface area contributed by atoms with Crippen LogP contribution in [0.1, 0.15) is 19.8 Å². The summed E-state index contributed by atoms with van der Waals surface area (Å²) in [5, 5.41) is 11.5. The van der Waals surface area contributed by atoms with Crippen LogP contribution in [0, 0.1) is 0 Å². The van der Waals surface area contributed by atoms with Crippen LogP contribution < -0.4 is 5.32 Å². The number of sulfonamides is 1. The molecular weight excluding hydrogens is 380 g/mol. The lowest BCUT2D eigenvalue weighted by Gasteiger charge is -2.26. The Kier molecular flexibility index (Phi) is 5.71. The SMILES string of the molecule is CCN/C(=N\S(=O)(=O)c1cccc(Cl)c1)N1N=CCC1C1=CSCC1. The minimum absolute atomic E-state index is 0.0161. The molecule has 0 amide bonds. The fourth-order valence-corrected chi connectivity index (χ4v) is 4.90. The van der Waals surface area contributed by atoms with Crippen molar-refractivity contribution in [2.75, 3.05) is 12.3 Å². The topological polar surface area (TPSA) is 74.1 Å². The largest absolute Gasteiger partial charge is 0.354 e. The first kappa shape index (κ1) is 18.3. The van der Waals surface area contributed by atoms with Crippen LogP contribution in [0.3, 0.4) is 0 Å². The van der Waals surface area contributed by atoms with Crippen molar-refractivity contribution in [2.45, 2.75) is 30.7 Å². The Balaban J connectivity index is 1.94. The first-order valence-corrected chi connectivity index (χ1v) is 10.8. The summed E-state index contributed by atoms with van der Waals surface area (Å²) >= 11 is 7.68. The number of hydrazone groups is 1. The molecule has 0 saturated heterocycles. The highest BCUT2D eigenvalue weighted by Crippen LogP contribution is 2.30. The van der Waals surface area contributed by atoms with Crippen molar-refractivity contribution >= 4 is 45.6 Å². The molecule has 1 N–H and O–H groups in total. The molecule has 0 spiro atoms. The molecule has 0 saturated carbocycles. The summed E-state index contributed by atoms with van der Waals surface area (Å²) in [7, 11) is -3.89. The predicted octanol–water partition coefficient (Wildman–Crippen LogP) is 3.08. The zero-order valence-corrected chi connectivity index (χ0v) is 16.1. The minimum atomic E-state index is -3.89. The van der Waals surface area contributed by atoms with Crippen molar-refractivity contribution in [2.24, 2.45) is 9.50 Å². The molecule has 3 rings (SSSR count). The molecule has 1 atom stereocenters. The third-order valence-corrected chi connectivity index (χ3v) is 6.26. The van der Waals surface area contributed by atoms with Gasteiger partial charge in [0, 0.05) is 30.0 Å². The van der Waals surface area contributed by atoms with Gasteiger partial charge in [0.2, 0.25) is 5.96 Å². The second kappa shape index (κ2) is 7.80. The lowest BCUT2D eigenvalue weighted by Crippen LogP contribution is -2.43. The highest BCUT2D eigenvalue weighted by molar-refractivity contribution is 8.02. The van der Waals surface area contributed by atoms with Gasteiger partial charge >= 0.3 is 0 Å². The second-order valence-electron chi connectivity index (χ2n) is 5.59. The average molecular weight is 399 g/mol. The average Bonchev–Trinajstić information content (AvgIpc) is 3.25. The molecule has 25 heavy (non-hydrogen) atoms. The van der Waals surface area contributed by atoms with E-state index >= 15 is 0 Å². The standard InChI is InChI=1S/C16H19ClN4O2S2/c1-2-18-16(20-25(22,23)14-5-3-4-13(17)10-14)21-15(6-8-19-21)12-7-9-24-11-12/h3-5,8,10-11,15H,2,6-7,9H2,1H3,(H,18,20). The second-order valence-corrected chi connectivity index (χ2v) is 8.60. The molecule has 0 radical (unpaired) electrons. The van der Waals surface area contributed by atoms with Gasteiger partial charge in [-0.3, -0.25) is 0 Å². The third kappa shape index (κ3) is 4.19. The monoisotopic (exact) mass is 398 g/mol. The van der Waals surface area contributed by atoms with Gasteiger partial charge in [-0.15, -0.1) is 16.2 Å². The van der Waals surface area contributed by atoms with Crippen molar-refractivity contribution in [1.29, 1.82) is 0 Å². The number of benzene rings is 1. The molecule has 1 unspecified atom stereocenters. The molecule has 2 aliphatic heterocycles. The summed E-state index contributed by atoms with van der Waals surface area (Å²) in [5.74, 6) is 1.28. The van der Waals surface area contributed by atoms with Gasteiger partial charge in [-0.25, -0.2) is 5.01 Å². The van der Waals surface area contributed by atoms with Gasteiger partial charge in [0.15, 0.2) is 0 Å². The maximum Gasteiger partial charge on any atom is 0.285 e. The smallest absolute Gasteiger partial charge is 0.285 e. The highest BCUT2D eigenvalue weighted by atomic mass is 35.5. The Morgan fingerprint density at radius 2 is 2.36 bits per heavy atom. The van der Waals surface area contributed by atoms with Crippen molar-refractivity contribution in [3.63, 3.8) is 0 Å². The fourth-order valence-electron chi connectivity index (χ4n) is 2.68. The summed E-state index contributed by atoms with van der Waals surface area (Å²) in [6.07, 6.45) is 3.52. The van der Waals surface area contributed by atoms with Crippen LogP contribution >= 0.6 is 23.4 Å². The Morgan fingerprint density at radius 1 is 1.52 bits per heavy atom. The minimum Gasteiger partial charge on any atom is -0.354 e. The van der Waals surface area contributed by atoms with Crippen LogP contribution in [-0.2, 0) is 10.0 Å². The van der Waals surface area contributed by atoms with Crippen LogP contribution in [0.2, 0.25) is 5.02 Å². The number of hydrogen-bond acceptors (Lipinski definition) is 4. The van der Waals surface area contributed by atoms with Gasteiger partial charge in [0.25, 0.3) is 10.0 Å². The Morgan fingerprint density at radius 3 is 3.04 bits per heavy atom. The van der Waals surface area contributed by atoms with E-state index in [1.165, 1.54) is 17.7 Å². The van der Waals surface area contributed by atoms with E-state index in [0.29, 0.717) is 11.6 Å². The molecule has 0 aromatic heterocycles. The van der Waals surface area contributed by atoms with Crippen molar-refractivity contribution in [3.05, 3.63) is 40.3 Å². The van der Waals surface area contributed by atoms with E-state index in [9.17, 15) is 8.42 Å². The molecule has 2 heterocycles. The molecule has 1 aromatic carbocycles. The number of thioether (sulfide) groups is 1. The Hall–Kier alpha value is -1.51. The van der Waals surface area contributed by atoms with E-state index in [1.54, 1.807) is 35.1 Å². The zero-order chi connectivity index (χ0) is 17.9. The van der Waals surface area contributed by atoms with E-state index in [-0.39, 0.29) is 16.9 Å². The summed E-state index contributed by atoms with van der Waals surface area (Å²) < 4.78 is 29.4. The molecule has 134 valence electrons. The summed E-state index contributed by atoms with van der Waals surface area (Å²) in [6, 6.07) is 6.11. The van der Waals surface area contributed by atoms with Gasteiger partial charge in [-0.2, -0.15) is 13.5 Å². The van der Waals surface area contributed by atoms with Crippen molar-refractivity contribution < 1.29 is 8.42 Å². The van der Waals surface area contributed by atoms with Crippen molar-refractivity contribution in [3.8, 4) is 0 Å². The van der Waals surface area contributed by atoms with Crippen LogP contribution in [-0.4, -0.2) is 43.9 Å². The normalized spacial score (nSPS) is 20.9. The van der Waals surface area contributed by atoms with E-state index in [2.05, 4.69) is 20.2 Å². The summed E-state index contributed by atoms with van der Waals surface area (Å²) in [6.45, 7) is 2.43. The molecule has 0 fully saturated rings. The number of halogens is 1. The van der Waals surface area contributed by atoms with Crippen LogP contribution in [0.15, 0.2) is 49.6 Å². The van der Waals surface area contributed by atoms with Gasteiger partial charge in [0.05, 0.1) is 10.9 Å². The molecular formula is C16H19ClN4O2S2. The van der Waals surface area contributed by atoms with Gasteiger partial charge in [-0.05, 0) is 42.5 Å². The third-order valence-electron chi connectivity index (χ3n) is 3.85. The zero-order valence-electron chi connectivity index (χ0n) is 13.7. The first-order chi connectivity index (χ1) is 12.0. The van der Waals surface area contributed by atoms with E-state index in [1.807, 2.05) is 6.92 Å². The van der Waals surface area contributed by atoms with Gasteiger partial charge < -0.3 is 5.32 Å². The number of hydrogen-bond donors (Lipinski definition) is 1. The van der Waals surface area contributed by atoms with E-state index in [0.717, 1.165) is 18.6 Å². The maximum absolute atomic E-state index is 12.7. The van der Waals surface area contributed by atoms with Gasteiger partial charge in [-0.1, -0.05) is 17.7 Å². The predicted molar refractivity (Wildman–Crippen MR) is 104 cm³/mol. The maximum atomic E-state index is 12.7. The first-order valence-electron chi connectivity index (χ1n) is 7.98. The quantitative estimate of drug-likeness (QED) is 0.623. The highest BCUT2D eigenvalue weighted by Gasteiger charge is 2.31. The number of nitrogens with one attached hydrogen (secondary N) is 1. The number of rotatable bonds is 4. The lowest BCUT2D eigenvalue weighted by atomic mass is 10.0. The van der Waals surface area contributed by atoms with Crippen LogP contribution in [0.25, 0.3) is 0 Å². The Labute approximate surface area is 157 Å². The Bertz CT molecular complexity index is 836. The van der Waals surface area contributed by atoms with Gasteiger partial charge in [0.1, 0.15) is 0 Å². The van der Waals surface area contributed by atoms with E-state index in [4.69, 9.17) is 11.6 Å². The molecule has 0 aliphatic carbocycles. The summed E-state index contributed by atoms with van der Waals surface area (Å²) in [4.78, 5) is 0.0609. The molecule has 2 aliphatic rings. The number of nitrogens with zero attached hydrogens (tertiary/aromatic N) is 3. The van der Waals surface area contributed by atoms with Crippen LogP contribution in [0.5, 0.6) is 0 Å². The molecule has 1 aromatic rings.